The Labute approximate surface area is 182 Å². The van der Waals surface area contributed by atoms with E-state index in [0.717, 1.165) is 46.2 Å². The third-order valence-corrected chi connectivity index (χ3v) is 7.84. The molecule has 0 radical (unpaired) electrons. The maximum Gasteiger partial charge on any atom is 0.265 e. The number of carbonyl (C=O) groups is 1. The van der Waals surface area contributed by atoms with Crippen molar-refractivity contribution < 1.29 is 9.18 Å². The van der Waals surface area contributed by atoms with Gasteiger partial charge in [-0.25, -0.2) is 14.4 Å². The smallest absolute Gasteiger partial charge is 0.265 e. The minimum Gasteiger partial charge on any atom is -0.337 e. The van der Waals surface area contributed by atoms with Gasteiger partial charge in [0.1, 0.15) is 15.7 Å². The molecule has 1 aliphatic heterocycles. The quantitative estimate of drug-likeness (QED) is 0.402. The number of likely N-dealkylation sites (tertiary alicyclic amines) is 1. The van der Waals surface area contributed by atoms with Gasteiger partial charge in [0.05, 0.1) is 20.9 Å². The summed E-state index contributed by atoms with van der Waals surface area (Å²) in [5.41, 5.74) is 2.59. The van der Waals surface area contributed by atoms with Gasteiger partial charge < -0.3 is 4.90 Å². The molecule has 1 amide bonds. The third-order valence-electron chi connectivity index (χ3n) is 5.45. The molecule has 4 aromatic rings. The molecule has 0 spiro atoms. The summed E-state index contributed by atoms with van der Waals surface area (Å²) in [4.78, 5) is 25.3. The minimum absolute atomic E-state index is 0.0316. The molecule has 3 heterocycles. The summed E-state index contributed by atoms with van der Waals surface area (Å²) in [5, 5.41) is 1.86. The van der Waals surface area contributed by atoms with Crippen LogP contribution in [0.2, 0.25) is 0 Å². The van der Waals surface area contributed by atoms with Crippen LogP contribution in [0.5, 0.6) is 0 Å². The Morgan fingerprint density at radius 2 is 1.90 bits per heavy atom. The third kappa shape index (κ3) is 3.63. The summed E-state index contributed by atoms with van der Waals surface area (Å²) in [6.07, 6.45) is 2.01. The number of hydrogen-bond donors (Lipinski definition) is 0. The normalized spacial score (nSPS) is 16.9. The first-order chi connectivity index (χ1) is 14.6. The number of carbonyl (C=O) groups excluding carboxylic acids is 1. The number of thiazole rings is 2. The molecule has 4 nitrogen and oxygen atoms in total. The van der Waals surface area contributed by atoms with Gasteiger partial charge in [-0.3, -0.25) is 4.79 Å². The second kappa shape index (κ2) is 7.89. The van der Waals surface area contributed by atoms with Crippen molar-refractivity contribution in [1.29, 1.82) is 0 Å². The topological polar surface area (TPSA) is 46.1 Å². The van der Waals surface area contributed by atoms with Gasteiger partial charge in [0, 0.05) is 24.6 Å². The van der Waals surface area contributed by atoms with Crippen LogP contribution in [0.25, 0.3) is 20.8 Å². The number of halogens is 1. The molecule has 1 saturated heterocycles. The Morgan fingerprint density at radius 3 is 2.70 bits per heavy atom. The molecule has 0 aliphatic carbocycles. The van der Waals surface area contributed by atoms with E-state index in [1.165, 1.54) is 28.2 Å². The Hall–Kier alpha value is -2.64. The molecule has 0 saturated carbocycles. The fourth-order valence-corrected chi connectivity index (χ4v) is 6.02. The molecule has 7 heteroatoms. The maximum absolute atomic E-state index is 13.3. The summed E-state index contributed by atoms with van der Waals surface area (Å²) in [6, 6.07) is 14.4. The Bertz CT molecular complexity index is 1180. The molecule has 1 aliphatic rings. The van der Waals surface area contributed by atoms with Crippen LogP contribution in [0.3, 0.4) is 0 Å². The lowest BCUT2D eigenvalue weighted by molar-refractivity contribution is 0.0711. The predicted octanol–water partition coefficient (Wildman–Crippen LogP) is 5.89. The largest absolute Gasteiger partial charge is 0.337 e. The van der Waals surface area contributed by atoms with E-state index in [1.807, 2.05) is 30.0 Å². The van der Waals surface area contributed by atoms with Crippen molar-refractivity contribution in [2.24, 2.45) is 0 Å². The number of fused-ring (bicyclic) bond motifs is 1. The number of amides is 1. The lowest BCUT2D eigenvalue weighted by Gasteiger charge is -2.31. The molecule has 2 aromatic carbocycles. The first-order valence-electron chi connectivity index (χ1n) is 9.96. The van der Waals surface area contributed by atoms with E-state index in [0.29, 0.717) is 11.4 Å². The SMILES string of the molecule is Cc1nc(-c2ccc(F)cc2)sc1C(=O)N1CCCC(c2nc3ccccc3s2)C1. The van der Waals surface area contributed by atoms with Crippen LogP contribution in [-0.4, -0.2) is 33.9 Å². The molecular weight excluding hydrogens is 417 g/mol. The first kappa shape index (κ1) is 19.3. The van der Waals surface area contributed by atoms with Crippen molar-refractivity contribution in [2.75, 3.05) is 13.1 Å². The number of piperidine rings is 1. The zero-order valence-electron chi connectivity index (χ0n) is 16.5. The zero-order valence-corrected chi connectivity index (χ0v) is 18.1. The fraction of sp³-hybridized carbons (Fsp3) is 0.261. The fourth-order valence-electron chi connectivity index (χ4n) is 3.88. The molecule has 1 atom stereocenters. The van der Waals surface area contributed by atoms with Crippen molar-refractivity contribution in [3.63, 3.8) is 0 Å². The number of rotatable bonds is 3. The molecular formula is C23H20FN3OS2. The van der Waals surface area contributed by atoms with Crippen molar-refractivity contribution in [2.45, 2.75) is 25.7 Å². The molecule has 0 bridgehead atoms. The van der Waals surface area contributed by atoms with Crippen LogP contribution < -0.4 is 0 Å². The van der Waals surface area contributed by atoms with E-state index in [4.69, 9.17) is 4.98 Å². The highest BCUT2D eigenvalue weighted by molar-refractivity contribution is 7.18. The first-order valence-corrected chi connectivity index (χ1v) is 11.6. The highest BCUT2D eigenvalue weighted by atomic mass is 32.1. The van der Waals surface area contributed by atoms with E-state index in [9.17, 15) is 9.18 Å². The monoisotopic (exact) mass is 437 g/mol. The van der Waals surface area contributed by atoms with E-state index in [1.54, 1.807) is 23.5 Å². The van der Waals surface area contributed by atoms with Gasteiger partial charge in [0.2, 0.25) is 0 Å². The number of nitrogens with zero attached hydrogens (tertiary/aromatic N) is 3. The molecule has 1 fully saturated rings. The van der Waals surface area contributed by atoms with Gasteiger partial charge in [-0.05, 0) is 56.2 Å². The molecule has 1 unspecified atom stereocenters. The standard InChI is InChI=1S/C23H20FN3OS2/c1-14-20(30-21(25-14)15-8-10-17(24)11-9-15)23(28)27-12-4-5-16(13-27)22-26-18-6-2-3-7-19(18)29-22/h2-3,6-11,16H,4-5,12-13H2,1H3. The van der Waals surface area contributed by atoms with Crippen molar-refractivity contribution in [3.8, 4) is 10.6 Å². The molecule has 152 valence electrons. The summed E-state index contributed by atoms with van der Waals surface area (Å²) in [6.45, 7) is 3.30. The molecule has 5 rings (SSSR count). The summed E-state index contributed by atoms with van der Waals surface area (Å²) >= 11 is 3.11. The van der Waals surface area contributed by atoms with Crippen molar-refractivity contribution in [3.05, 3.63) is 69.9 Å². The van der Waals surface area contributed by atoms with E-state index in [2.05, 4.69) is 11.1 Å². The molecule has 30 heavy (non-hydrogen) atoms. The van der Waals surface area contributed by atoms with Gasteiger partial charge >= 0.3 is 0 Å². The summed E-state index contributed by atoms with van der Waals surface area (Å²) in [5.74, 6) is 0.0200. The Morgan fingerprint density at radius 1 is 1.10 bits per heavy atom. The van der Waals surface area contributed by atoms with Gasteiger partial charge in [-0.2, -0.15) is 0 Å². The highest BCUT2D eigenvalue weighted by Crippen LogP contribution is 2.35. The lowest BCUT2D eigenvalue weighted by Crippen LogP contribution is -2.39. The molecule has 0 N–H and O–H groups in total. The number of aryl methyl sites for hydroxylation is 1. The van der Waals surface area contributed by atoms with Gasteiger partial charge in [0.25, 0.3) is 5.91 Å². The average Bonchev–Trinajstić information content (AvgIpc) is 3.37. The number of para-hydroxylation sites is 1. The van der Waals surface area contributed by atoms with Gasteiger partial charge in [-0.1, -0.05) is 12.1 Å². The van der Waals surface area contributed by atoms with Crippen LogP contribution in [0.15, 0.2) is 48.5 Å². The number of aromatic nitrogens is 2. The second-order valence-corrected chi connectivity index (χ2v) is 9.61. The number of hydrogen-bond acceptors (Lipinski definition) is 5. The van der Waals surface area contributed by atoms with E-state index >= 15 is 0 Å². The van der Waals surface area contributed by atoms with Gasteiger partial charge in [0.15, 0.2) is 0 Å². The predicted molar refractivity (Wildman–Crippen MR) is 120 cm³/mol. The Balaban J connectivity index is 1.37. The van der Waals surface area contributed by atoms with Crippen molar-refractivity contribution in [1.82, 2.24) is 14.9 Å². The molecule has 2 aromatic heterocycles. The number of benzene rings is 2. The second-order valence-electron chi connectivity index (χ2n) is 7.55. The summed E-state index contributed by atoms with van der Waals surface area (Å²) in [7, 11) is 0. The van der Waals surface area contributed by atoms with E-state index in [-0.39, 0.29) is 17.6 Å². The van der Waals surface area contributed by atoms with Crippen LogP contribution in [0.1, 0.15) is 39.1 Å². The average molecular weight is 438 g/mol. The van der Waals surface area contributed by atoms with Gasteiger partial charge in [-0.15, -0.1) is 22.7 Å². The maximum atomic E-state index is 13.3. The highest BCUT2D eigenvalue weighted by Gasteiger charge is 2.29. The van der Waals surface area contributed by atoms with Crippen LogP contribution in [0.4, 0.5) is 4.39 Å². The van der Waals surface area contributed by atoms with E-state index < -0.39 is 0 Å². The van der Waals surface area contributed by atoms with Crippen LogP contribution >= 0.6 is 22.7 Å². The lowest BCUT2D eigenvalue weighted by atomic mass is 9.98. The van der Waals surface area contributed by atoms with Crippen molar-refractivity contribution >= 4 is 38.8 Å². The van der Waals surface area contributed by atoms with Crippen LogP contribution in [0, 0.1) is 12.7 Å². The minimum atomic E-state index is -0.280. The zero-order chi connectivity index (χ0) is 20.7. The summed E-state index contributed by atoms with van der Waals surface area (Å²) < 4.78 is 14.4. The van der Waals surface area contributed by atoms with Crippen LogP contribution in [-0.2, 0) is 0 Å². The Kier molecular flexibility index (Phi) is 5.08.